The Balaban J connectivity index is 2.43. The number of nitrogens with zero attached hydrogens (tertiary/aromatic N) is 1. The highest BCUT2D eigenvalue weighted by Gasteiger charge is 2.01. The van der Waals surface area contributed by atoms with E-state index in [9.17, 15) is 0 Å². The van der Waals surface area contributed by atoms with Crippen molar-refractivity contribution in [2.45, 2.75) is 0 Å². The molecular formula is C12H12N2O. The van der Waals surface area contributed by atoms with Gasteiger partial charge in [-0.1, -0.05) is 6.07 Å². The minimum Gasteiger partial charge on any atom is -0.495 e. The Morgan fingerprint density at radius 1 is 1.07 bits per heavy atom. The lowest BCUT2D eigenvalue weighted by molar-refractivity contribution is 0.417. The molecule has 1 heterocycles. The third-order valence-electron chi connectivity index (χ3n) is 2.24. The summed E-state index contributed by atoms with van der Waals surface area (Å²) in [5.74, 6) is 0.702. The van der Waals surface area contributed by atoms with Crippen LogP contribution in [-0.4, -0.2) is 12.1 Å². The molecule has 2 aromatic rings. The lowest BCUT2D eigenvalue weighted by Gasteiger charge is -2.06. The van der Waals surface area contributed by atoms with Gasteiger partial charge < -0.3 is 10.5 Å². The zero-order chi connectivity index (χ0) is 10.7. The summed E-state index contributed by atoms with van der Waals surface area (Å²) in [7, 11) is 1.61. The number of anilines is 1. The summed E-state index contributed by atoms with van der Waals surface area (Å²) in [6, 6.07) is 9.63. The number of rotatable bonds is 2. The number of hydrogen-bond acceptors (Lipinski definition) is 3. The first-order chi connectivity index (χ1) is 7.31. The maximum Gasteiger partial charge on any atom is 0.141 e. The number of nitrogens with two attached hydrogens (primary N) is 1. The van der Waals surface area contributed by atoms with Crippen LogP contribution in [0.15, 0.2) is 42.7 Å². The van der Waals surface area contributed by atoms with Gasteiger partial charge in [0.1, 0.15) is 5.75 Å². The largest absolute Gasteiger partial charge is 0.495 e. The Morgan fingerprint density at radius 2 is 1.80 bits per heavy atom. The van der Waals surface area contributed by atoms with Crippen molar-refractivity contribution in [3.8, 4) is 16.9 Å². The van der Waals surface area contributed by atoms with Crippen molar-refractivity contribution in [1.82, 2.24) is 4.98 Å². The molecule has 0 aliphatic heterocycles. The molecule has 0 fully saturated rings. The zero-order valence-corrected chi connectivity index (χ0v) is 8.47. The minimum absolute atomic E-state index is 0.645. The standard InChI is InChI=1S/C12H12N2O/c1-15-12-3-2-10(8-11(12)13)9-4-6-14-7-5-9/h2-8H,13H2,1H3. The van der Waals surface area contributed by atoms with Crippen LogP contribution in [0.4, 0.5) is 5.69 Å². The summed E-state index contributed by atoms with van der Waals surface area (Å²) in [6.45, 7) is 0. The fourth-order valence-electron chi connectivity index (χ4n) is 1.46. The molecule has 0 unspecified atom stereocenters. The molecule has 0 spiro atoms. The van der Waals surface area contributed by atoms with E-state index in [0.29, 0.717) is 11.4 Å². The number of nitrogen functional groups attached to an aromatic ring is 1. The van der Waals surface area contributed by atoms with Crippen LogP contribution in [-0.2, 0) is 0 Å². The zero-order valence-electron chi connectivity index (χ0n) is 8.47. The Bertz CT molecular complexity index is 454. The molecule has 76 valence electrons. The number of hydrogen-bond donors (Lipinski definition) is 1. The lowest BCUT2D eigenvalue weighted by atomic mass is 10.1. The van der Waals surface area contributed by atoms with E-state index in [1.807, 2.05) is 30.3 Å². The summed E-state index contributed by atoms with van der Waals surface area (Å²) < 4.78 is 5.10. The topological polar surface area (TPSA) is 48.1 Å². The highest BCUT2D eigenvalue weighted by Crippen LogP contribution is 2.27. The van der Waals surface area contributed by atoms with Crippen LogP contribution in [0.5, 0.6) is 5.75 Å². The van der Waals surface area contributed by atoms with Gasteiger partial charge in [0.2, 0.25) is 0 Å². The lowest BCUT2D eigenvalue weighted by Crippen LogP contribution is -1.92. The van der Waals surface area contributed by atoms with Gasteiger partial charge in [0.15, 0.2) is 0 Å². The molecule has 15 heavy (non-hydrogen) atoms. The number of ether oxygens (including phenoxy) is 1. The predicted octanol–water partition coefficient (Wildman–Crippen LogP) is 2.34. The Labute approximate surface area is 88.5 Å². The van der Waals surface area contributed by atoms with E-state index in [0.717, 1.165) is 11.1 Å². The van der Waals surface area contributed by atoms with Gasteiger partial charge in [-0.3, -0.25) is 4.98 Å². The van der Waals surface area contributed by atoms with Crippen LogP contribution >= 0.6 is 0 Å². The van der Waals surface area contributed by atoms with Gasteiger partial charge in [0.25, 0.3) is 0 Å². The van der Waals surface area contributed by atoms with E-state index in [1.54, 1.807) is 19.5 Å². The Kier molecular flexibility index (Phi) is 2.54. The second-order valence-electron chi connectivity index (χ2n) is 3.19. The van der Waals surface area contributed by atoms with E-state index in [2.05, 4.69) is 4.98 Å². The molecule has 3 heteroatoms. The molecule has 1 aromatic carbocycles. The first kappa shape index (κ1) is 9.52. The molecule has 0 aliphatic carbocycles. The average Bonchev–Trinajstić information content (AvgIpc) is 2.30. The first-order valence-electron chi connectivity index (χ1n) is 4.65. The molecule has 3 nitrogen and oxygen atoms in total. The summed E-state index contributed by atoms with van der Waals surface area (Å²) in [5, 5.41) is 0. The molecule has 1 aromatic heterocycles. The summed E-state index contributed by atoms with van der Waals surface area (Å²) in [6.07, 6.45) is 3.52. The number of methoxy groups -OCH3 is 1. The van der Waals surface area contributed by atoms with Crippen molar-refractivity contribution in [3.63, 3.8) is 0 Å². The number of aromatic nitrogens is 1. The molecule has 2 rings (SSSR count). The van der Waals surface area contributed by atoms with Gasteiger partial charge >= 0.3 is 0 Å². The summed E-state index contributed by atoms with van der Waals surface area (Å²) in [5.41, 5.74) is 8.64. The summed E-state index contributed by atoms with van der Waals surface area (Å²) in [4.78, 5) is 3.97. The number of benzene rings is 1. The van der Waals surface area contributed by atoms with E-state index in [1.165, 1.54) is 0 Å². The van der Waals surface area contributed by atoms with Crippen molar-refractivity contribution in [2.24, 2.45) is 0 Å². The molecule has 0 bridgehead atoms. The van der Waals surface area contributed by atoms with E-state index in [-0.39, 0.29) is 0 Å². The fourth-order valence-corrected chi connectivity index (χ4v) is 1.46. The maximum absolute atomic E-state index is 5.83. The molecule has 0 saturated carbocycles. The van der Waals surface area contributed by atoms with E-state index in [4.69, 9.17) is 10.5 Å². The molecule has 0 saturated heterocycles. The molecule has 0 radical (unpaired) electrons. The van der Waals surface area contributed by atoms with Crippen LogP contribution in [0, 0.1) is 0 Å². The van der Waals surface area contributed by atoms with Crippen LogP contribution < -0.4 is 10.5 Å². The van der Waals surface area contributed by atoms with Crippen molar-refractivity contribution >= 4 is 5.69 Å². The van der Waals surface area contributed by atoms with Gasteiger partial charge in [-0.05, 0) is 35.4 Å². The Morgan fingerprint density at radius 3 is 2.40 bits per heavy atom. The van der Waals surface area contributed by atoms with Crippen LogP contribution in [0.2, 0.25) is 0 Å². The quantitative estimate of drug-likeness (QED) is 0.757. The van der Waals surface area contributed by atoms with Crippen LogP contribution in [0.1, 0.15) is 0 Å². The van der Waals surface area contributed by atoms with Gasteiger partial charge in [0.05, 0.1) is 12.8 Å². The van der Waals surface area contributed by atoms with E-state index >= 15 is 0 Å². The second kappa shape index (κ2) is 4.00. The molecular weight excluding hydrogens is 188 g/mol. The predicted molar refractivity (Wildman–Crippen MR) is 60.6 cm³/mol. The number of pyridine rings is 1. The second-order valence-corrected chi connectivity index (χ2v) is 3.19. The van der Waals surface area contributed by atoms with Gasteiger partial charge in [-0.2, -0.15) is 0 Å². The maximum atomic E-state index is 5.83. The van der Waals surface area contributed by atoms with Crippen LogP contribution in [0.3, 0.4) is 0 Å². The average molecular weight is 200 g/mol. The highest BCUT2D eigenvalue weighted by molar-refractivity contribution is 5.70. The molecule has 0 atom stereocenters. The van der Waals surface area contributed by atoms with Gasteiger partial charge in [-0.25, -0.2) is 0 Å². The monoisotopic (exact) mass is 200 g/mol. The minimum atomic E-state index is 0.645. The molecule has 0 amide bonds. The highest BCUT2D eigenvalue weighted by atomic mass is 16.5. The van der Waals surface area contributed by atoms with Crippen molar-refractivity contribution in [1.29, 1.82) is 0 Å². The molecule has 0 aliphatic rings. The first-order valence-corrected chi connectivity index (χ1v) is 4.65. The fraction of sp³-hybridized carbons (Fsp3) is 0.0833. The van der Waals surface area contributed by atoms with Gasteiger partial charge in [0, 0.05) is 12.4 Å². The third kappa shape index (κ3) is 1.91. The van der Waals surface area contributed by atoms with Gasteiger partial charge in [-0.15, -0.1) is 0 Å². The van der Waals surface area contributed by atoms with Crippen LogP contribution in [0.25, 0.3) is 11.1 Å². The smallest absolute Gasteiger partial charge is 0.141 e. The van der Waals surface area contributed by atoms with Crippen molar-refractivity contribution < 1.29 is 4.74 Å². The summed E-state index contributed by atoms with van der Waals surface area (Å²) >= 11 is 0. The third-order valence-corrected chi connectivity index (χ3v) is 2.24. The van der Waals surface area contributed by atoms with Crippen molar-refractivity contribution in [3.05, 3.63) is 42.7 Å². The molecule has 2 N–H and O–H groups in total. The Hall–Kier alpha value is -2.03. The SMILES string of the molecule is COc1ccc(-c2ccncc2)cc1N. The van der Waals surface area contributed by atoms with Crippen molar-refractivity contribution in [2.75, 3.05) is 12.8 Å². The van der Waals surface area contributed by atoms with E-state index < -0.39 is 0 Å². The normalized spacial score (nSPS) is 9.93.